The van der Waals surface area contributed by atoms with Crippen molar-refractivity contribution in [2.45, 2.75) is 0 Å². The van der Waals surface area contributed by atoms with Gasteiger partial charge in [-0.2, -0.15) is 0 Å². The fraction of sp³-hybridized carbons (Fsp3) is 0. The number of hydrogen-bond donors (Lipinski definition) is 1. The molecule has 0 aliphatic rings. The molecule has 0 unspecified atom stereocenters. The summed E-state index contributed by atoms with van der Waals surface area (Å²) in [5.74, 6) is 0.348. The number of nitrogens with one attached hydrogen (secondary N) is 1. The molecule has 3 aromatic carbocycles. The van der Waals surface area contributed by atoms with E-state index >= 15 is 0 Å². The molecule has 0 bridgehead atoms. The Morgan fingerprint density at radius 1 is 0.739 bits per heavy atom. The van der Waals surface area contributed by atoms with Crippen LogP contribution in [0.5, 0.6) is 0 Å². The van der Waals surface area contributed by atoms with Gasteiger partial charge in [0, 0.05) is 11.1 Å². The number of carbonyl (C=O) groups excluding carboxylic acids is 1. The monoisotopic (exact) mass is 298 g/mol. The van der Waals surface area contributed by atoms with Crippen molar-refractivity contribution in [3.05, 3.63) is 78.6 Å². The number of rotatable bonds is 3. The molecular weight excluding hydrogens is 284 g/mol. The molecule has 23 heavy (non-hydrogen) atoms. The Hall–Kier alpha value is -3.20. The average molecular weight is 298 g/mol. The third-order valence-corrected chi connectivity index (χ3v) is 3.94. The first-order valence-electron chi connectivity index (χ1n) is 7.45. The highest BCUT2D eigenvalue weighted by Gasteiger charge is 2.13. The topological polar surface area (TPSA) is 45.8 Å². The zero-order valence-electron chi connectivity index (χ0n) is 12.4. The Balaban J connectivity index is 2.02. The van der Waals surface area contributed by atoms with E-state index in [0.29, 0.717) is 5.82 Å². The Morgan fingerprint density at radius 3 is 1.91 bits per heavy atom. The van der Waals surface area contributed by atoms with E-state index in [1.54, 1.807) is 0 Å². The average Bonchev–Trinajstić information content (AvgIpc) is 3.07. The van der Waals surface area contributed by atoms with Crippen molar-refractivity contribution < 1.29 is 4.79 Å². The Labute approximate surface area is 133 Å². The van der Waals surface area contributed by atoms with Crippen LogP contribution in [0.1, 0.15) is 10.6 Å². The van der Waals surface area contributed by atoms with Gasteiger partial charge in [0.1, 0.15) is 0 Å². The fourth-order valence-corrected chi connectivity index (χ4v) is 2.88. The molecule has 0 fully saturated rings. The Morgan fingerprint density at radius 2 is 1.30 bits per heavy atom. The van der Waals surface area contributed by atoms with E-state index in [1.165, 1.54) is 0 Å². The standard InChI is InChI=1S/C20H14N2O/c23-13-18-21-19-16(14-7-3-1-4-8-14)11-12-17(20(19)22-18)15-9-5-2-6-10-15/h1-13H,(H,21,22). The van der Waals surface area contributed by atoms with E-state index in [9.17, 15) is 4.79 Å². The van der Waals surface area contributed by atoms with E-state index in [0.717, 1.165) is 39.6 Å². The number of H-pyrrole nitrogens is 1. The molecule has 1 heterocycles. The van der Waals surface area contributed by atoms with E-state index in [2.05, 4.69) is 34.2 Å². The summed E-state index contributed by atoms with van der Waals surface area (Å²) >= 11 is 0. The maximum Gasteiger partial charge on any atom is 0.185 e. The van der Waals surface area contributed by atoms with Crippen LogP contribution in [-0.2, 0) is 0 Å². The lowest BCUT2D eigenvalue weighted by Crippen LogP contribution is -1.85. The van der Waals surface area contributed by atoms with Gasteiger partial charge in [0.05, 0.1) is 11.0 Å². The predicted octanol–water partition coefficient (Wildman–Crippen LogP) is 4.71. The molecule has 4 aromatic rings. The summed E-state index contributed by atoms with van der Waals surface area (Å²) in [5, 5.41) is 0. The third-order valence-electron chi connectivity index (χ3n) is 3.94. The summed E-state index contributed by atoms with van der Waals surface area (Å²) in [6, 6.07) is 24.3. The molecular formula is C20H14N2O. The summed E-state index contributed by atoms with van der Waals surface area (Å²) in [6.45, 7) is 0. The first-order valence-corrected chi connectivity index (χ1v) is 7.45. The molecule has 0 aliphatic carbocycles. The number of carbonyl (C=O) groups is 1. The van der Waals surface area contributed by atoms with Gasteiger partial charge < -0.3 is 4.98 Å². The molecule has 0 atom stereocenters. The maximum atomic E-state index is 11.2. The number of imidazole rings is 1. The lowest BCUT2D eigenvalue weighted by atomic mass is 9.98. The highest BCUT2D eigenvalue weighted by atomic mass is 16.1. The maximum absolute atomic E-state index is 11.2. The first-order chi connectivity index (χ1) is 11.4. The van der Waals surface area contributed by atoms with Crippen molar-refractivity contribution in [1.29, 1.82) is 0 Å². The largest absolute Gasteiger partial charge is 0.335 e. The quantitative estimate of drug-likeness (QED) is 0.557. The van der Waals surface area contributed by atoms with Crippen LogP contribution in [0.25, 0.3) is 33.3 Å². The molecule has 0 spiro atoms. The van der Waals surface area contributed by atoms with Crippen LogP contribution in [0.15, 0.2) is 72.8 Å². The molecule has 110 valence electrons. The second kappa shape index (κ2) is 5.54. The van der Waals surface area contributed by atoms with Crippen LogP contribution in [0.3, 0.4) is 0 Å². The molecule has 0 saturated carbocycles. The van der Waals surface area contributed by atoms with Crippen LogP contribution >= 0.6 is 0 Å². The van der Waals surface area contributed by atoms with Crippen LogP contribution in [0.2, 0.25) is 0 Å². The molecule has 0 aliphatic heterocycles. The first kappa shape index (κ1) is 13.5. The lowest BCUT2D eigenvalue weighted by molar-refractivity contribution is 0.111. The van der Waals surface area contributed by atoms with Gasteiger partial charge in [0.15, 0.2) is 12.1 Å². The van der Waals surface area contributed by atoms with E-state index in [1.807, 2.05) is 48.5 Å². The highest BCUT2D eigenvalue weighted by Crippen LogP contribution is 2.34. The summed E-state index contributed by atoms with van der Waals surface area (Å²) in [5.41, 5.74) is 5.95. The molecule has 3 heteroatoms. The van der Waals surface area contributed by atoms with E-state index < -0.39 is 0 Å². The molecule has 1 N–H and O–H groups in total. The number of fused-ring (bicyclic) bond motifs is 1. The molecule has 1 aromatic heterocycles. The van der Waals surface area contributed by atoms with Crippen LogP contribution in [0, 0.1) is 0 Å². The van der Waals surface area contributed by atoms with Crippen molar-refractivity contribution in [1.82, 2.24) is 9.97 Å². The molecule has 0 saturated heterocycles. The Bertz CT molecular complexity index is 896. The van der Waals surface area contributed by atoms with E-state index in [-0.39, 0.29) is 0 Å². The van der Waals surface area contributed by atoms with Crippen molar-refractivity contribution in [2.24, 2.45) is 0 Å². The fourth-order valence-electron chi connectivity index (χ4n) is 2.88. The molecule has 0 amide bonds. The molecule has 3 nitrogen and oxygen atoms in total. The smallest absolute Gasteiger partial charge is 0.185 e. The minimum atomic E-state index is 0.348. The summed E-state index contributed by atoms with van der Waals surface area (Å²) in [4.78, 5) is 18.8. The zero-order chi connectivity index (χ0) is 15.6. The van der Waals surface area contributed by atoms with Crippen molar-refractivity contribution in [3.63, 3.8) is 0 Å². The van der Waals surface area contributed by atoms with Gasteiger partial charge in [-0.05, 0) is 11.1 Å². The summed E-state index contributed by atoms with van der Waals surface area (Å²) in [7, 11) is 0. The minimum Gasteiger partial charge on any atom is -0.335 e. The van der Waals surface area contributed by atoms with Crippen LogP contribution in [-0.4, -0.2) is 16.3 Å². The second-order valence-corrected chi connectivity index (χ2v) is 5.36. The minimum absolute atomic E-state index is 0.348. The van der Waals surface area contributed by atoms with Crippen molar-refractivity contribution in [2.75, 3.05) is 0 Å². The van der Waals surface area contributed by atoms with Gasteiger partial charge in [-0.1, -0.05) is 72.8 Å². The molecule has 0 radical (unpaired) electrons. The van der Waals surface area contributed by atoms with Gasteiger partial charge in [0.2, 0.25) is 0 Å². The Kier molecular flexibility index (Phi) is 3.24. The van der Waals surface area contributed by atoms with E-state index in [4.69, 9.17) is 0 Å². The zero-order valence-corrected chi connectivity index (χ0v) is 12.4. The van der Waals surface area contributed by atoms with Crippen molar-refractivity contribution >= 4 is 17.3 Å². The summed E-state index contributed by atoms with van der Waals surface area (Å²) in [6.07, 6.45) is 0.754. The molecule has 4 rings (SSSR count). The van der Waals surface area contributed by atoms with Crippen molar-refractivity contribution in [3.8, 4) is 22.3 Å². The highest BCUT2D eigenvalue weighted by molar-refractivity contribution is 6.02. The number of nitrogens with zero attached hydrogens (tertiary/aromatic N) is 1. The number of aromatic nitrogens is 2. The van der Waals surface area contributed by atoms with Gasteiger partial charge in [0.25, 0.3) is 0 Å². The third kappa shape index (κ3) is 2.32. The van der Waals surface area contributed by atoms with Gasteiger partial charge in [-0.15, -0.1) is 0 Å². The van der Waals surface area contributed by atoms with Gasteiger partial charge in [-0.25, -0.2) is 4.98 Å². The van der Waals surface area contributed by atoms with Gasteiger partial charge >= 0.3 is 0 Å². The summed E-state index contributed by atoms with van der Waals surface area (Å²) < 4.78 is 0. The predicted molar refractivity (Wildman–Crippen MR) is 92.4 cm³/mol. The number of benzene rings is 3. The lowest BCUT2D eigenvalue weighted by Gasteiger charge is -2.07. The number of hydrogen-bond acceptors (Lipinski definition) is 2. The van der Waals surface area contributed by atoms with Gasteiger partial charge in [-0.3, -0.25) is 4.79 Å². The number of aldehydes is 1. The second-order valence-electron chi connectivity index (χ2n) is 5.36. The normalized spacial score (nSPS) is 10.8. The number of aromatic amines is 1. The SMILES string of the molecule is O=Cc1nc2c(-c3ccccc3)ccc(-c3ccccc3)c2[nH]1. The van der Waals surface area contributed by atoms with Crippen LogP contribution in [0.4, 0.5) is 0 Å². The van der Waals surface area contributed by atoms with Crippen LogP contribution < -0.4 is 0 Å².